The Morgan fingerprint density at radius 2 is 1.82 bits per heavy atom. The Kier molecular flexibility index (Phi) is 6.93. The fourth-order valence-electron chi connectivity index (χ4n) is 3.92. The van der Waals surface area contributed by atoms with Crippen molar-refractivity contribution in [2.45, 2.75) is 24.7 Å². The number of rotatable bonds is 9. The van der Waals surface area contributed by atoms with Gasteiger partial charge in [-0.15, -0.1) is 0 Å². The first kappa shape index (κ1) is 22.3. The molecule has 5 rings (SSSR count). The summed E-state index contributed by atoms with van der Waals surface area (Å²) in [6.07, 6.45) is 10.6. The molecular weight excluding hydrogens is 440 g/mol. The van der Waals surface area contributed by atoms with E-state index in [0.717, 1.165) is 64.6 Å². The van der Waals surface area contributed by atoms with Gasteiger partial charge < -0.3 is 9.88 Å². The van der Waals surface area contributed by atoms with Crippen LogP contribution in [0.1, 0.15) is 12.0 Å². The number of nitrogens with zero attached hydrogens (tertiary/aromatic N) is 5. The van der Waals surface area contributed by atoms with Gasteiger partial charge >= 0.3 is 0 Å². The molecule has 0 spiro atoms. The topological polar surface area (TPSA) is 68.5 Å². The average Bonchev–Trinajstić information content (AvgIpc) is 3.42. The minimum Gasteiger partial charge on any atom is -0.337 e. The first-order chi connectivity index (χ1) is 16.8. The fourth-order valence-corrected chi connectivity index (χ4v) is 4.26. The molecule has 0 unspecified atom stereocenters. The Morgan fingerprint density at radius 1 is 0.971 bits per heavy atom. The number of aromatic nitrogens is 5. The molecule has 6 nitrogen and oxygen atoms in total. The molecule has 0 radical (unpaired) electrons. The molecule has 0 fully saturated rings. The van der Waals surface area contributed by atoms with Crippen LogP contribution in [-0.2, 0) is 13.1 Å². The number of aryl methyl sites for hydroxylation is 1. The molecule has 0 amide bonds. The largest absolute Gasteiger partial charge is 0.337 e. The summed E-state index contributed by atoms with van der Waals surface area (Å²) in [6.45, 7) is 2.77. The Hall–Kier alpha value is -3.55. The highest BCUT2D eigenvalue weighted by Crippen LogP contribution is 2.33. The highest BCUT2D eigenvalue weighted by molar-refractivity contribution is 7.98. The third-order valence-electron chi connectivity index (χ3n) is 5.70. The molecular formula is C27H26N6S. The van der Waals surface area contributed by atoms with E-state index in [0.29, 0.717) is 0 Å². The second kappa shape index (κ2) is 10.6. The van der Waals surface area contributed by atoms with Crippen molar-refractivity contribution in [2.75, 3.05) is 12.8 Å². The first-order valence-electron chi connectivity index (χ1n) is 11.3. The Bertz CT molecular complexity index is 1350. The molecule has 0 aliphatic rings. The van der Waals surface area contributed by atoms with Crippen LogP contribution in [0.4, 0.5) is 0 Å². The van der Waals surface area contributed by atoms with Crippen molar-refractivity contribution in [1.29, 1.82) is 0 Å². The molecule has 0 saturated heterocycles. The third-order valence-corrected chi connectivity index (χ3v) is 6.26. The third kappa shape index (κ3) is 5.16. The van der Waals surface area contributed by atoms with Crippen molar-refractivity contribution in [2.24, 2.45) is 0 Å². The maximum atomic E-state index is 4.98. The van der Waals surface area contributed by atoms with Crippen LogP contribution in [0.25, 0.3) is 33.4 Å². The lowest BCUT2D eigenvalue weighted by Gasteiger charge is -2.12. The lowest BCUT2D eigenvalue weighted by molar-refractivity contribution is 0.581. The summed E-state index contributed by atoms with van der Waals surface area (Å²) < 4.78 is 2.10. The van der Waals surface area contributed by atoms with Crippen LogP contribution in [0.3, 0.4) is 0 Å². The van der Waals surface area contributed by atoms with E-state index in [1.807, 2.05) is 37.2 Å². The van der Waals surface area contributed by atoms with Gasteiger partial charge in [-0.1, -0.05) is 66.4 Å². The fraction of sp³-hybridized carbons (Fsp3) is 0.185. The predicted molar refractivity (Wildman–Crippen MR) is 139 cm³/mol. The summed E-state index contributed by atoms with van der Waals surface area (Å²) in [5.74, 6) is 0. The number of thioether (sulfide) groups is 1. The first-order valence-corrected chi connectivity index (χ1v) is 12.6. The van der Waals surface area contributed by atoms with E-state index in [2.05, 4.69) is 79.4 Å². The minimum atomic E-state index is 0.720. The van der Waals surface area contributed by atoms with Gasteiger partial charge in [0.15, 0.2) is 10.8 Å². The van der Waals surface area contributed by atoms with Crippen LogP contribution in [0.2, 0.25) is 0 Å². The van der Waals surface area contributed by atoms with E-state index in [1.165, 1.54) is 17.3 Å². The van der Waals surface area contributed by atoms with Gasteiger partial charge in [0.1, 0.15) is 0 Å². The van der Waals surface area contributed by atoms with Crippen LogP contribution in [0, 0.1) is 0 Å². The SMILES string of the molecule is CSc1ncc2cc(-c3ccccc3)c(-c3ccc(CNCCCn4ccnc4)cc3)nc2n1. The maximum Gasteiger partial charge on any atom is 0.189 e. The summed E-state index contributed by atoms with van der Waals surface area (Å²) in [7, 11) is 0. The van der Waals surface area contributed by atoms with Crippen molar-refractivity contribution in [3.8, 4) is 22.4 Å². The van der Waals surface area contributed by atoms with Gasteiger partial charge in [0.05, 0.1) is 12.0 Å². The smallest absolute Gasteiger partial charge is 0.189 e. The molecule has 0 saturated carbocycles. The molecule has 170 valence electrons. The summed E-state index contributed by atoms with van der Waals surface area (Å²) in [5, 5.41) is 5.20. The molecule has 2 aromatic carbocycles. The van der Waals surface area contributed by atoms with E-state index in [1.54, 1.807) is 0 Å². The molecule has 3 heterocycles. The van der Waals surface area contributed by atoms with Gasteiger partial charge in [-0.3, -0.25) is 0 Å². The number of hydrogen-bond acceptors (Lipinski definition) is 6. The molecule has 0 aliphatic carbocycles. The zero-order chi connectivity index (χ0) is 23.2. The van der Waals surface area contributed by atoms with Gasteiger partial charge in [0.25, 0.3) is 0 Å². The number of fused-ring (bicyclic) bond motifs is 1. The van der Waals surface area contributed by atoms with Gasteiger partial charge in [-0.25, -0.2) is 19.9 Å². The van der Waals surface area contributed by atoms with Crippen LogP contribution in [-0.4, -0.2) is 37.3 Å². The van der Waals surface area contributed by atoms with Crippen molar-refractivity contribution >= 4 is 22.8 Å². The van der Waals surface area contributed by atoms with Gasteiger partial charge in [-0.2, -0.15) is 0 Å². The average molecular weight is 467 g/mol. The summed E-state index contributed by atoms with van der Waals surface area (Å²) in [4.78, 5) is 18.1. The van der Waals surface area contributed by atoms with Crippen LogP contribution in [0.15, 0.2) is 90.7 Å². The Labute approximate surface area is 203 Å². The standard InChI is InChI=1S/C27H26N6S/c1-34-27-30-18-23-16-24(21-6-3-2-4-7-21)25(31-26(23)32-27)22-10-8-20(9-11-22)17-28-12-5-14-33-15-13-29-19-33/h2-4,6-11,13,15-16,18-19,28H,5,12,14,17H2,1H3. The molecule has 0 bridgehead atoms. The normalized spacial score (nSPS) is 11.2. The quantitative estimate of drug-likeness (QED) is 0.177. The lowest BCUT2D eigenvalue weighted by atomic mass is 9.98. The van der Waals surface area contributed by atoms with Gasteiger partial charge in [0, 0.05) is 48.2 Å². The van der Waals surface area contributed by atoms with Gasteiger partial charge in [-0.05, 0) is 36.4 Å². The second-order valence-electron chi connectivity index (χ2n) is 8.05. The van der Waals surface area contributed by atoms with Crippen molar-refractivity contribution in [1.82, 2.24) is 29.8 Å². The summed E-state index contributed by atoms with van der Waals surface area (Å²) in [5.41, 5.74) is 6.19. The van der Waals surface area contributed by atoms with Crippen LogP contribution in [0.5, 0.6) is 0 Å². The van der Waals surface area contributed by atoms with E-state index in [-0.39, 0.29) is 0 Å². The number of nitrogens with one attached hydrogen (secondary N) is 1. The summed E-state index contributed by atoms with van der Waals surface area (Å²) >= 11 is 1.52. The monoisotopic (exact) mass is 466 g/mol. The predicted octanol–water partition coefficient (Wildman–Crippen LogP) is 5.46. The zero-order valence-corrected chi connectivity index (χ0v) is 19.9. The highest BCUT2D eigenvalue weighted by atomic mass is 32.2. The van der Waals surface area contributed by atoms with Crippen molar-refractivity contribution in [3.05, 3.63) is 91.1 Å². The number of benzene rings is 2. The molecule has 34 heavy (non-hydrogen) atoms. The molecule has 0 atom stereocenters. The van der Waals surface area contributed by atoms with E-state index >= 15 is 0 Å². The lowest BCUT2D eigenvalue weighted by Crippen LogP contribution is -2.16. The Balaban J connectivity index is 1.36. The minimum absolute atomic E-state index is 0.720. The van der Waals surface area contributed by atoms with E-state index < -0.39 is 0 Å². The number of imidazole rings is 1. The zero-order valence-electron chi connectivity index (χ0n) is 19.1. The molecule has 1 N–H and O–H groups in total. The van der Waals surface area contributed by atoms with Crippen molar-refractivity contribution in [3.63, 3.8) is 0 Å². The second-order valence-corrected chi connectivity index (χ2v) is 8.82. The maximum absolute atomic E-state index is 4.98. The van der Waals surface area contributed by atoms with Crippen LogP contribution >= 0.6 is 11.8 Å². The highest BCUT2D eigenvalue weighted by Gasteiger charge is 2.13. The Morgan fingerprint density at radius 3 is 2.59 bits per heavy atom. The van der Waals surface area contributed by atoms with Crippen LogP contribution < -0.4 is 5.32 Å². The molecule has 3 aromatic heterocycles. The van der Waals surface area contributed by atoms with E-state index in [9.17, 15) is 0 Å². The number of hydrogen-bond donors (Lipinski definition) is 1. The van der Waals surface area contributed by atoms with E-state index in [4.69, 9.17) is 4.98 Å². The van der Waals surface area contributed by atoms with Gasteiger partial charge in [0.2, 0.25) is 0 Å². The number of pyridine rings is 1. The summed E-state index contributed by atoms with van der Waals surface area (Å²) in [6, 6.07) is 21.2. The molecule has 5 aromatic rings. The molecule has 7 heteroatoms. The van der Waals surface area contributed by atoms with Crippen molar-refractivity contribution < 1.29 is 0 Å². The molecule has 0 aliphatic heterocycles.